The molecule has 0 saturated carbocycles. The molecule has 0 bridgehead atoms. The summed E-state index contributed by atoms with van der Waals surface area (Å²) in [6.07, 6.45) is 7.28. The van der Waals surface area contributed by atoms with E-state index < -0.39 is 5.92 Å². The number of anilines is 1. The van der Waals surface area contributed by atoms with Crippen LogP contribution < -0.4 is 10.6 Å². The van der Waals surface area contributed by atoms with Crippen molar-refractivity contribution in [3.05, 3.63) is 102 Å². The minimum absolute atomic E-state index is 0.0117. The number of fused-ring (bicyclic) bond motifs is 1. The minimum Gasteiger partial charge on any atom is -0.395 e. The highest BCUT2D eigenvalue weighted by atomic mass is 16.3. The second-order valence-corrected chi connectivity index (χ2v) is 9.40. The Labute approximate surface area is 216 Å². The summed E-state index contributed by atoms with van der Waals surface area (Å²) < 4.78 is 1.92. The fourth-order valence-corrected chi connectivity index (χ4v) is 4.92. The van der Waals surface area contributed by atoms with E-state index in [2.05, 4.69) is 15.6 Å². The third-order valence-electron chi connectivity index (χ3n) is 7.04. The van der Waals surface area contributed by atoms with E-state index in [1.807, 2.05) is 88.4 Å². The molecule has 37 heavy (non-hydrogen) atoms. The molecular weight excluding hydrogens is 466 g/mol. The fourth-order valence-electron chi connectivity index (χ4n) is 4.92. The molecule has 2 aromatic heterocycles. The number of likely N-dealkylation sites (tertiary alicyclic amines) is 1. The van der Waals surface area contributed by atoms with Crippen LogP contribution in [0, 0.1) is 0 Å². The molecule has 1 atom stereocenters. The predicted molar refractivity (Wildman–Crippen MR) is 142 cm³/mol. The van der Waals surface area contributed by atoms with Crippen LogP contribution in [0.5, 0.6) is 0 Å². The summed E-state index contributed by atoms with van der Waals surface area (Å²) in [5.41, 5.74) is 4.60. The fraction of sp³-hybridized carbons (Fsp3) is 0.276. The van der Waals surface area contributed by atoms with Gasteiger partial charge < -0.3 is 25.0 Å². The van der Waals surface area contributed by atoms with Crippen molar-refractivity contribution in [1.29, 1.82) is 0 Å². The minimum atomic E-state index is -0.511. The average molecular weight is 498 g/mol. The number of imidazole rings is 1. The molecule has 0 radical (unpaired) electrons. The van der Waals surface area contributed by atoms with Crippen molar-refractivity contribution < 1.29 is 14.7 Å². The standard InChI is InChI=1S/C29H31N5O3/c35-20-26(24-4-2-1-3-5-24)28(36)34-15-11-23(12-16-34)22-6-8-25(9-7-22)32-29(37)31-19-21-10-14-33-17-13-30-27(33)18-21/h1-10,13-14,17-18,23,26,35H,11-12,15-16,19-20H2,(H2,31,32,37). The van der Waals surface area contributed by atoms with Gasteiger partial charge in [0.25, 0.3) is 0 Å². The van der Waals surface area contributed by atoms with Crippen LogP contribution in [0.25, 0.3) is 5.65 Å². The van der Waals surface area contributed by atoms with Crippen LogP contribution in [0.3, 0.4) is 0 Å². The molecule has 8 heteroatoms. The lowest BCUT2D eigenvalue weighted by molar-refractivity contribution is -0.134. The van der Waals surface area contributed by atoms with Gasteiger partial charge in [-0.15, -0.1) is 0 Å². The zero-order valence-electron chi connectivity index (χ0n) is 20.6. The predicted octanol–water partition coefficient (Wildman–Crippen LogP) is 4.14. The summed E-state index contributed by atoms with van der Waals surface area (Å²) in [5, 5.41) is 15.6. The number of urea groups is 1. The van der Waals surface area contributed by atoms with Crippen LogP contribution in [-0.4, -0.2) is 51.0 Å². The maximum atomic E-state index is 13.0. The molecule has 1 fully saturated rings. The Bertz CT molecular complexity index is 1350. The van der Waals surface area contributed by atoms with Crippen LogP contribution in [0.4, 0.5) is 10.5 Å². The SMILES string of the molecule is O=C(NCc1ccn2ccnc2c1)Nc1ccc(C2CCN(C(=O)C(CO)c3ccccc3)CC2)cc1. The van der Waals surface area contributed by atoms with Crippen LogP contribution in [-0.2, 0) is 11.3 Å². The Balaban J connectivity index is 1.10. The van der Waals surface area contributed by atoms with E-state index in [9.17, 15) is 14.7 Å². The number of rotatable bonds is 7. The number of aliphatic hydroxyl groups is 1. The number of carbonyl (C=O) groups is 2. The molecule has 3 heterocycles. The average Bonchev–Trinajstić information content (AvgIpc) is 3.41. The lowest BCUT2D eigenvalue weighted by Gasteiger charge is -2.34. The van der Waals surface area contributed by atoms with E-state index in [0.717, 1.165) is 35.3 Å². The summed E-state index contributed by atoms with van der Waals surface area (Å²) in [5.74, 6) is -0.168. The summed E-state index contributed by atoms with van der Waals surface area (Å²) in [6.45, 7) is 1.55. The third-order valence-corrected chi connectivity index (χ3v) is 7.04. The zero-order chi connectivity index (χ0) is 25.6. The van der Waals surface area contributed by atoms with Gasteiger partial charge in [0.2, 0.25) is 5.91 Å². The molecular formula is C29H31N5O3. The van der Waals surface area contributed by atoms with Crippen molar-refractivity contribution in [2.24, 2.45) is 0 Å². The van der Waals surface area contributed by atoms with Gasteiger partial charge in [0.05, 0.1) is 12.5 Å². The molecule has 4 aromatic rings. The van der Waals surface area contributed by atoms with Crippen LogP contribution in [0.15, 0.2) is 85.3 Å². The van der Waals surface area contributed by atoms with Gasteiger partial charge >= 0.3 is 6.03 Å². The molecule has 0 aliphatic carbocycles. The smallest absolute Gasteiger partial charge is 0.319 e. The Morgan fingerprint density at radius 1 is 1.00 bits per heavy atom. The largest absolute Gasteiger partial charge is 0.395 e. The van der Waals surface area contributed by atoms with Crippen molar-refractivity contribution in [2.45, 2.75) is 31.2 Å². The number of pyridine rings is 1. The molecule has 1 aliphatic rings. The van der Waals surface area contributed by atoms with Gasteiger partial charge in [-0.1, -0.05) is 42.5 Å². The van der Waals surface area contributed by atoms with E-state index in [0.29, 0.717) is 25.6 Å². The Hall–Kier alpha value is -4.17. The Kier molecular flexibility index (Phi) is 7.46. The van der Waals surface area contributed by atoms with Crippen molar-refractivity contribution in [2.75, 3.05) is 25.0 Å². The van der Waals surface area contributed by atoms with Crippen LogP contribution in [0.2, 0.25) is 0 Å². The first-order valence-electron chi connectivity index (χ1n) is 12.6. The lowest BCUT2D eigenvalue weighted by atomic mass is 9.88. The van der Waals surface area contributed by atoms with Crippen LogP contribution >= 0.6 is 0 Å². The van der Waals surface area contributed by atoms with Gasteiger partial charge in [-0.2, -0.15) is 0 Å². The summed E-state index contributed by atoms with van der Waals surface area (Å²) in [7, 11) is 0. The highest BCUT2D eigenvalue weighted by Crippen LogP contribution is 2.30. The second kappa shape index (κ2) is 11.3. The van der Waals surface area contributed by atoms with Gasteiger partial charge in [0.15, 0.2) is 0 Å². The molecule has 3 N–H and O–H groups in total. The van der Waals surface area contributed by atoms with Crippen molar-refractivity contribution in [3.63, 3.8) is 0 Å². The number of hydrogen-bond donors (Lipinski definition) is 3. The maximum Gasteiger partial charge on any atom is 0.319 e. The number of aromatic nitrogens is 2. The molecule has 190 valence electrons. The zero-order valence-corrected chi connectivity index (χ0v) is 20.6. The third kappa shape index (κ3) is 5.81. The van der Waals surface area contributed by atoms with Gasteiger partial charge in [0, 0.05) is 43.9 Å². The van der Waals surface area contributed by atoms with Crippen molar-refractivity contribution >= 4 is 23.3 Å². The van der Waals surface area contributed by atoms with Crippen molar-refractivity contribution in [1.82, 2.24) is 19.6 Å². The highest BCUT2D eigenvalue weighted by Gasteiger charge is 2.29. The van der Waals surface area contributed by atoms with Gasteiger partial charge in [-0.3, -0.25) is 4.79 Å². The number of carbonyl (C=O) groups excluding carboxylic acids is 2. The normalized spacial score (nSPS) is 14.9. The highest BCUT2D eigenvalue weighted by molar-refractivity contribution is 5.89. The second-order valence-electron chi connectivity index (χ2n) is 9.40. The van der Waals surface area contributed by atoms with Crippen molar-refractivity contribution in [3.8, 4) is 0 Å². The number of hydrogen-bond acceptors (Lipinski definition) is 4. The summed E-state index contributed by atoms with van der Waals surface area (Å²) >= 11 is 0. The lowest BCUT2D eigenvalue weighted by Crippen LogP contribution is -2.41. The number of benzene rings is 2. The number of nitrogens with zero attached hydrogens (tertiary/aromatic N) is 3. The van der Waals surface area contributed by atoms with E-state index in [1.165, 1.54) is 5.56 Å². The summed E-state index contributed by atoms with van der Waals surface area (Å²) in [6, 6.07) is 21.0. The van der Waals surface area contributed by atoms with E-state index in [-0.39, 0.29) is 18.5 Å². The Morgan fingerprint density at radius 2 is 1.76 bits per heavy atom. The first-order valence-corrected chi connectivity index (χ1v) is 12.6. The van der Waals surface area contributed by atoms with E-state index in [1.54, 1.807) is 6.20 Å². The van der Waals surface area contributed by atoms with Gasteiger partial charge in [0.1, 0.15) is 5.65 Å². The van der Waals surface area contributed by atoms with Gasteiger partial charge in [-0.05, 0) is 59.7 Å². The number of aliphatic hydroxyl groups excluding tert-OH is 1. The number of nitrogens with one attached hydrogen (secondary N) is 2. The molecule has 5 rings (SSSR count). The van der Waals surface area contributed by atoms with E-state index in [4.69, 9.17) is 0 Å². The molecule has 1 aliphatic heterocycles. The number of amides is 3. The first-order chi connectivity index (χ1) is 18.1. The van der Waals surface area contributed by atoms with E-state index >= 15 is 0 Å². The maximum absolute atomic E-state index is 13.0. The molecule has 8 nitrogen and oxygen atoms in total. The Morgan fingerprint density at radius 3 is 2.49 bits per heavy atom. The first kappa shape index (κ1) is 24.5. The number of piperidine rings is 1. The van der Waals surface area contributed by atoms with Crippen LogP contribution in [0.1, 0.15) is 41.4 Å². The topological polar surface area (TPSA) is 99.0 Å². The molecule has 0 spiro atoms. The molecule has 2 aromatic carbocycles. The summed E-state index contributed by atoms with van der Waals surface area (Å²) in [4.78, 5) is 31.5. The quantitative estimate of drug-likeness (QED) is 0.357. The monoisotopic (exact) mass is 497 g/mol. The molecule has 3 amide bonds. The molecule has 1 unspecified atom stereocenters. The molecule has 1 saturated heterocycles. The van der Waals surface area contributed by atoms with Gasteiger partial charge in [-0.25, -0.2) is 9.78 Å².